The highest BCUT2D eigenvalue weighted by atomic mass is 19.4. The summed E-state index contributed by atoms with van der Waals surface area (Å²) in [5, 5.41) is 0. The molecule has 7 heteroatoms. The summed E-state index contributed by atoms with van der Waals surface area (Å²) in [6, 6.07) is 2.83. The van der Waals surface area contributed by atoms with Crippen LogP contribution in [0.1, 0.15) is 11.3 Å². The van der Waals surface area contributed by atoms with Crippen LogP contribution in [0.2, 0.25) is 0 Å². The highest BCUT2D eigenvalue weighted by molar-refractivity contribution is 5.39. The summed E-state index contributed by atoms with van der Waals surface area (Å²) in [5.74, 6) is -1.29. The van der Waals surface area contributed by atoms with Crippen LogP contribution in [0, 0.1) is 5.82 Å². The van der Waals surface area contributed by atoms with Gasteiger partial charge in [-0.3, -0.25) is 0 Å². The molecule has 0 atom stereocenters. The van der Waals surface area contributed by atoms with Crippen LogP contribution in [0.5, 0.6) is 0 Å². The van der Waals surface area contributed by atoms with Crippen molar-refractivity contribution in [3.8, 4) is 5.69 Å². The van der Waals surface area contributed by atoms with Gasteiger partial charge in [0.1, 0.15) is 5.82 Å². The van der Waals surface area contributed by atoms with E-state index in [0.29, 0.717) is 18.7 Å². The van der Waals surface area contributed by atoms with Gasteiger partial charge in [-0.1, -0.05) is 0 Å². The van der Waals surface area contributed by atoms with E-state index in [0.717, 1.165) is 12.1 Å². The third-order valence-electron chi connectivity index (χ3n) is 2.65. The van der Waals surface area contributed by atoms with Crippen molar-refractivity contribution >= 4 is 0 Å². The largest absolute Gasteiger partial charge is 0.419 e. The summed E-state index contributed by atoms with van der Waals surface area (Å²) in [7, 11) is 0. The smallest absolute Gasteiger partial charge is 0.330 e. The molecule has 2 aromatic rings. The van der Waals surface area contributed by atoms with Gasteiger partial charge in [0, 0.05) is 24.0 Å². The summed E-state index contributed by atoms with van der Waals surface area (Å²) in [6.45, 7) is 0.346. The van der Waals surface area contributed by atoms with Crippen molar-refractivity contribution in [1.82, 2.24) is 9.55 Å². The average Bonchev–Trinajstić information content (AvgIpc) is 2.77. The number of rotatable bonds is 3. The molecule has 19 heavy (non-hydrogen) atoms. The number of benzene rings is 1. The Labute approximate surface area is 106 Å². The van der Waals surface area contributed by atoms with Crippen molar-refractivity contribution in [1.29, 1.82) is 0 Å². The zero-order valence-corrected chi connectivity index (χ0v) is 9.78. The second-order valence-corrected chi connectivity index (χ2v) is 3.96. The summed E-state index contributed by atoms with van der Waals surface area (Å²) < 4.78 is 52.6. The van der Waals surface area contributed by atoms with Gasteiger partial charge in [0.05, 0.1) is 11.9 Å². The second-order valence-electron chi connectivity index (χ2n) is 3.96. The molecule has 0 spiro atoms. The lowest BCUT2D eigenvalue weighted by Gasteiger charge is -2.12. The first kappa shape index (κ1) is 13.5. The lowest BCUT2D eigenvalue weighted by Crippen LogP contribution is -2.11. The summed E-state index contributed by atoms with van der Waals surface area (Å²) in [6.07, 6.45) is -1.37. The Morgan fingerprint density at radius 1 is 1.26 bits per heavy atom. The Bertz CT molecular complexity index is 575. The van der Waals surface area contributed by atoms with Gasteiger partial charge in [-0.2, -0.15) is 13.2 Å². The first-order chi connectivity index (χ1) is 8.93. The average molecular weight is 273 g/mol. The number of hydrogen-bond acceptors (Lipinski definition) is 2. The van der Waals surface area contributed by atoms with E-state index in [2.05, 4.69) is 4.98 Å². The fourth-order valence-corrected chi connectivity index (χ4v) is 1.77. The van der Waals surface area contributed by atoms with Gasteiger partial charge in [0.25, 0.3) is 0 Å². The van der Waals surface area contributed by atoms with Crippen molar-refractivity contribution in [2.45, 2.75) is 12.6 Å². The molecule has 0 amide bonds. The van der Waals surface area contributed by atoms with Crippen molar-refractivity contribution in [2.75, 3.05) is 6.54 Å². The van der Waals surface area contributed by atoms with Crippen molar-refractivity contribution in [3.63, 3.8) is 0 Å². The maximum Gasteiger partial charge on any atom is 0.419 e. The van der Waals surface area contributed by atoms with E-state index in [1.807, 2.05) is 0 Å². The Morgan fingerprint density at radius 2 is 2.00 bits per heavy atom. The molecule has 1 heterocycles. The molecular formula is C12H11F4N3. The first-order valence-corrected chi connectivity index (χ1v) is 5.52. The van der Waals surface area contributed by atoms with Gasteiger partial charge in [-0.05, 0) is 24.7 Å². The molecule has 2 N–H and O–H groups in total. The predicted octanol–water partition coefficient (Wildman–Crippen LogP) is 2.53. The fourth-order valence-electron chi connectivity index (χ4n) is 1.77. The topological polar surface area (TPSA) is 43.8 Å². The Morgan fingerprint density at radius 3 is 2.63 bits per heavy atom. The molecule has 0 aliphatic carbocycles. The normalized spacial score (nSPS) is 11.8. The van der Waals surface area contributed by atoms with Crippen molar-refractivity contribution in [3.05, 3.63) is 47.8 Å². The van der Waals surface area contributed by atoms with Gasteiger partial charge < -0.3 is 10.3 Å². The molecule has 0 aliphatic heterocycles. The van der Waals surface area contributed by atoms with Crippen molar-refractivity contribution < 1.29 is 17.6 Å². The minimum absolute atomic E-state index is 0.203. The quantitative estimate of drug-likeness (QED) is 0.873. The van der Waals surface area contributed by atoms with Gasteiger partial charge in [-0.25, -0.2) is 9.37 Å². The van der Waals surface area contributed by atoms with Gasteiger partial charge >= 0.3 is 6.18 Å². The highest BCUT2D eigenvalue weighted by Crippen LogP contribution is 2.32. The van der Waals surface area contributed by atoms with Gasteiger partial charge in [-0.15, -0.1) is 0 Å². The van der Waals surface area contributed by atoms with Crippen LogP contribution in [0.25, 0.3) is 5.69 Å². The number of imidazole rings is 1. The number of alkyl halides is 3. The summed E-state index contributed by atoms with van der Waals surface area (Å²) in [4.78, 5) is 3.86. The van der Waals surface area contributed by atoms with E-state index in [4.69, 9.17) is 5.73 Å². The minimum atomic E-state index is -4.73. The van der Waals surface area contributed by atoms with Crippen LogP contribution < -0.4 is 5.73 Å². The number of hydrogen-bond donors (Lipinski definition) is 1. The molecule has 2 rings (SSSR count). The summed E-state index contributed by atoms with van der Waals surface area (Å²) in [5.41, 5.74) is 4.99. The van der Waals surface area contributed by atoms with Gasteiger partial charge in [0.15, 0.2) is 0 Å². The molecule has 0 saturated heterocycles. The number of nitrogens with zero attached hydrogens (tertiary/aromatic N) is 2. The first-order valence-electron chi connectivity index (χ1n) is 5.52. The number of aromatic nitrogens is 2. The van der Waals surface area contributed by atoms with Crippen LogP contribution in [-0.2, 0) is 12.6 Å². The maximum absolute atomic E-state index is 13.2. The van der Waals surface area contributed by atoms with E-state index in [1.54, 1.807) is 0 Å². The summed E-state index contributed by atoms with van der Waals surface area (Å²) >= 11 is 0. The minimum Gasteiger partial charge on any atom is -0.330 e. The molecule has 0 bridgehead atoms. The molecular weight excluding hydrogens is 262 g/mol. The van der Waals surface area contributed by atoms with E-state index in [-0.39, 0.29) is 5.69 Å². The van der Waals surface area contributed by atoms with Crippen LogP contribution >= 0.6 is 0 Å². The predicted molar refractivity (Wildman–Crippen MR) is 61.3 cm³/mol. The van der Waals surface area contributed by atoms with E-state index in [9.17, 15) is 17.6 Å². The molecule has 1 aromatic heterocycles. The van der Waals surface area contributed by atoms with E-state index < -0.39 is 17.6 Å². The third kappa shape index (κ3) is 2.76. The maximum atomic E-state index is 13.2. The number of nitrogens with two attached hydrogens (primary N) is 1. The molecule has 0 unspecified atom stereocenters. The van der Waals surface area contributed by atoms with Crippen molar-refractivity contribution in [2.24, 2.45) is 5.73 Å². The van der Waals surface area contributed by atoms with E-state index in [1.165, 1.54) is 23.2 Å². The number of halogens is 4. The lowest BCUT2D eigenvalue weighted by atomic mass is 10.1. The Hall–Kier alpha value is -1.89. The van der Waals surface area contributed by atoms with Crippen LogP contribution in [-0.4, -0.2) is 16.1 Å². The Balaban J connectivity index is 2.49. The van der Waals surface area contributed by atoms with Gasteiger partial charge in [0.2, 0.25) is 0 Å². The van der Waals surface area contributed by atoms with E-state index >= 15 is 0 Å². The molecule has 0 fully saturated rings. The van der Waals surface area contributed by atoms with Crippen LogP contribution in [0.3, 0.4) is 0 Å². The molecule has 0 radical (unpaired) electrons. The Kier molecular flexibility index (Phi) is 3.57. The fraction of sp³-hybridized carbons (Fsp3) is 0.250. The molecule has 102 valence electrons. The molecule has 0 saturated carbocycles. The zero-order chi connectivity index (χ0) is 14.0. The molecule has 3 nitrogen and oxygen atoms in total. The van der Waals surface area contributed by atoms with Crippen LogP contribution in [0.15, 0.2) is 30.7 Å². The lowest BCUT2D eigenvalue weighted by molar-refractivity contribution is -0.140. The standard InChI is InChI=1S/C12H11F4N3/c13-11-2-1-8(5-10(11)12(14,15)16)19-7-18-6-9(19)3-4-17/h1-2,5-7H,3-4,17H2. The molecule has 0 aliphatic rings. The second kappa shape index (κ2) is 5.00. The van der Waals surface area contributed by atoms with Crippen LogP contribution in [0.4, 0.5) is 17.6 Å². The zero-order valence-electron chi connectivity index (χ0n) is 9.78. The molecule has 1 aromatic carbocycles. The SMILES string of the molecule is NCCc1cncn1-c1ccc(F)c(C(F)(F)F)c1. The third-order valence-corrected chi connectivity index (χ3v) is 2.65. The highest BCUT2D eigenvalue weighted by Gasteiger charge is 2.34. The monoisotopic (exact) mass is 273 g/mol.